The van der Waals surface area contributed by atoms with Crippen molar-refractivity contribution in [2.24, 2.45) is 0 Å². The summed E-state index contributed by atoms with van der Waals surface area (Å²) in [6, 6.07) is 16.8. The van der Waals surface area contributed by atoms with Gasteiger partial charge < -0.3 is 10.1 Å². The van der Waals surface area contributed by atoms with Crippen molar-refractivity contribution < 1.29 is 9.53 Å². The average molecular weight is 405 g/mol. The molecule has 0 aliphatic rings. The lowest BCUT2D eigenvalue weighted by atomic mass is 9.99. The van der Waals surface area contributed by atoms with Gasteiger partial charge in [0.25, 0.3) is 5.91 Å². The summed E-state index contributed by atoms with van der Waals surface area (Å²) >= 11 is 6.48. The molecule has 3 rings (SSSR count). The molecule has 1 N–H and O–H groups in total. The molecule has 0 aliphatic heterocycles. The number of nitrogens with zero attached hydrogens (tertiary/aromatic N) is 1. The maximum Gasteiger partial charge on any atom is 0.257 e. The normalized spacial score (nSPS) is 10.8. The topological polar surface area (TPSA) is 51.2 Å². The Morgan fingerprint density at radius 2 is 1.86 bits per heavy atom. The molecule has 1 aromatic heterocycles. The van der Waals surface area contributed by atoms with Crippen molar-refractivity contribution in [3.05, 3.63) is 83.1 Å². The summed E-state index contributed by atoms with van der Waals surface area (Å²) in [5, 5.41) is 3.43. The Balaban J connectivity index is 2.16. The maximum atomic E-state index is 12.9. The number of aromatic nitrogens is 1. The molecular formula is C24H21ClN2O2. The van der Waals surface area contributed by atoms with E-state index in [9.17, 15) is 4.79 Å². The van der Waals surface area contributed by atoms with Crippen molar-refractivity contribution in [2.75, 3.05) is 12.4 Å². The Kier molecular flexibility index (Phi) is 6.33. The third-order valence-electron chi connectivity index (χ3n) is 4.40. The third-order valence-corrected chi connectivity index (χ3v) is 4.72. The van der Waals surface area contributed by atoms with Crippen LogP contribution in [0.15, 0.2) is 67.0 Å². The van der Waals surface area contributed by atoms with Gasteiger partial charge in [0.05, 0.1) is 21.8 Å². The van der Waals surface area contributed by atoms with Gasteiger partial charge in [-0.1, -0.05) is 59.8 Å². The quantitative estimate of drug-likeness (QED) is 0.590. The number of benzene rings is 2. The first-order valence-corrected chi connectivity index (χ1v) is 9.47. The van der Waals surface area contributed by atoms with Gasteiger partial charge in [0.1, 0.15) is 5.60 Å². The molecule has 29 heavy (non-hydrogen) atoms. The summed E-state index contributed by atoms with van der Waals surface area (Å²) in [6.45, 7) is 3.73. The number of nitrogens with one attached hydrogen (secondary N) is 1. The van der Waals surface area contributed by atoms with Crippen LogP contribution in [0.2, 0.25) is 5.02 Å². The van der Waals surface area contributed by atoms with Gasteiger partial charge in [-0.15, -0.1) is 0 Å². The van der Waals surface area contributed by atoms with E-state index in [0.29, 0.717) is 21.8 Å². The monoisotopic (exact) mass is 404 g/mol. The number of amides is 1. The summed E-state index contributed by atoms with van der Waals surface area (Å²) < 4.78 is 5.39. The molecule has 0 aliphatic carbocycles. The van der Waals surface area contributed by atoms with E-state index in [0.717, 1.165) is 11.1 Å². The first-order valence-electron chi connectivity index (χ1n) is 9.09. The number of halogens is 1. The van der Waals surface area contributed by atoms with E-state index in [-0.39, 0.29) is 5.91 Å². The predicted octanol–water partition coefficient (Wildman–Crippen LogP) is 5.43. The molecule has 1 heterocycles. The number of pyridine rings is 1. The smallest absolute Gasteiger partial charge is 0.257 e. The average Bonchev–Trinajstić information content (AvgIpc) is 2.74. The Labute approximate surface area is 175 Å². The summed E-state index contributed by atoms with van der Waals surface area (Å²) in [7, 11) is 1.60. The molecule has 0 spiro atoms. The lowest BCUT2D eigenvalue weighted by Gasteiger charge is -2.17. The molecule has 3 aromatic rings. The van der Waals surface area contributed by atoms with Crippen LogP contribution < -0.4 is 5.32 Å². The molecule has 4 nitrogen and oxygen atoms in total. The molecule has 0 bridgehead atoms. The Morgan fingerprint density at radius 3 is 2.52 bits per heavy atom. The molecule has 0 unspecified atom stereocenters. The summed E-state index contributed by atoms with van der Waals surface area (Å²) in [6.07, 6.45) is 3.14. The molecule has 0 saturated heterocycles. The highest BCUT2D eigenvalue weighted by molar-refractivity contribution is 6.32. The Morgan fingerprint density at radius 1 is 1.10 bits per heavy atom. The molecule has 2 aromatic carbocycles. The molecule has 0 fully saturated rings. The fourth-order valence-electron chi connectivity index (χ4n) is 2.63. The SMILES string of the molecule is COC(C)(C)C#Cc1c(Cl)ccc(-c2ccccc2)c1NC(=O)c1cccnc1. The second kappa shape index (κ2) is 8.91. The van der Waals surface area contributed by atoms with Crippen LogP contribution in [0.5, 0.6) is 0 Å². The van der Waals surface area contributed by atoms with Crippen molar-refractivity contribution in [3.8, 4) is 23.0 Å². The van der Waals surface area contributed by atoms with Gasteiger partial charge in [0, 0.05) is 25.1 Å². The van der Waals surface area contributed by atoms with E-state index in [2.05, 4.69) is 22.1 Å². The molecule has 146 valence electrons. The second-order valence-electron chi connectivity index (χ2n) is 6.87. The van der Waals surface area contributed by atoms with Gasteiger partial charge in [0.15, 0.2) is 0 Å². The number of rotatable bonds is 4. The Bertz CT molecular complexity index is 1070. The fourth-order valence-corrected chi connectivity index (χ4v) is 2.84. The van der Waals surface area contributed by atoms with Gasteiger partial charge in [-0.3, -0.25) is 9.78 Å². The highest BCUT2D eigenvalue weighted by atomic mass is 35.5. The van der Waals surface area contributed by atoms with Crippen molar-refractivity contribution in [1.82, 2.24) is 4.98 Å². The van der Waals surface area contributed by atoms with E-state index >= 15 is 0 Å². The number of carbonyl (C=O) groups is 1. The van der Waals surface area contributed by atoms with E-state index in [1.54, 1.807) is 31.5 Å². The summed E-state index contributed by atoms with van der Waals surface area (Å²) in [5.74, 6) is 5.89. The van der Waals surface area contributed by atoms with E-state index in [1.165, 1.54) is 6.20 Å². The van der Waals surface area contributed by atoms with Crippen LogP contribution in [0.3, 0.4) is 0 Å². The number of methoxy groups -OCH3 is 1. The standard InChI is InChI=1S/C24H21ClN2O2/c1-24(2,29-3)14-13-20-21(25)12-11-19(17-8-5-4-6-9-17)22(20)27-23(28)18-10-7-15-26-16-18/h4-12,15-16H,1-3H3,(H,27,28). The van der Waals surface area contributed by atoms with Gasteiger partial charge in [0.2, 0.25) is 0 Å². The van der Waals surface area contributed by atoms with Crippen LogP contribution in [0.4, 0.5) is 5.69 Å². The number of hydrogen-bond acceptors (Lipinski definition) is 3. The predicted molar refractivity (Wildman–Crippen MR) is 117 cm³/mol. The molecule has 0 radical (unpaired) electrons. The van der Waals surface area contributed by atoms with E-state index < -0.39 is 5.60 Å². The molecular weight excluding hydrogens is 384 g/mol. The van der Waals surface area contributed by atoms with Crippen molar-refractivity contribution in [1.29, 1.82) is 0 Å². The number of hydrogen-bond donors (Lipinski definition) is 1. The van der Waals surface area contributed by atoms with Crippen LogP contribution >= 0.6 is 11.6 Å². The number of anilines is 1. The van der Waals surface area contributed by atoms with Crippen LogP contribution in [-0.4, -0.2) is 23.6 Å². The highest BCUT2D eigenvalue weighted by Crippen LogP contribution is 2.35. The van der Waals surface area contributed by atoms with E-state index in [4.69, 9.17) is 16.3 Å². The minimum Gasteiger partial charge on any atom is -0.366 e. The minimum absolute atomic E-state index is 0.286. The zero-order valence-corrected chi connectivity index (χ0v) is 17.2. The lowest BCUT2D eigenvalue weighted by molar-refractivity contribution is 0.0741. The van der Waals surface area contributed by atoms with Gasteiger partial charge in [-0.2, -0.15) is 0 Å². The van der Waals surface area contributed by atoms with Crippen molar-refractivity contribution in [3.63, 3.8) is 0 Å². The maximum absolute atomic E-state index is 12.9. The van der Waals surface area contributed by atoms with Crippen molar-refractivity contribution >= 4 is 23.2 Å². The first kappa shape index (κ1) is 20.6. The van der Waals surface area contributed by atoms with Gasteiger partial charge in [-0.05, 0) is 37.6 Å². The minimum atomic E-state index is -0.656. The van der Waals surface area contributed by atoms with Crippen LogP contribution in [-0.2, 0) is 4.74 Å². The van der Waals surface area contributed by atoms with Crippen LogP contribution in [0, 0.1) is 11.8 Å². The van der Waals surface area contributed by atoms with Crippen LogP contribution in [0.25, 0.3) is 11.1 Å². The van der Waals surface area contributed by atoms with Crippen LogP contribution in [0.1, 0.15) is 29.8 Å². The zero-order chi connectivity index (χ0) is 20.9. The molecule has 5 heteroatoms. The fraction of sp³-hybridized carbons (Fsp3) is 0.167. The molecule has 0 saturated carbocycles. The molecule has 0 atom stereocenters. The zero-order valence-electron chi connectivity index (χ0n) is 16.5. The number of carbonyl (C=O) groups excluding carboxylic acids is 1. The van der Waals surface area contributed by atoms with E-state index in [1.807, 2.05) is 50.2 Å². The summed E-state index contributed by atoms with van der Waals surface area (Å²) in [4.78, 5) is 16.9. The largest absolute Gasteiger partial charge is 0.366 e. The molecule has 1 amide bonds. The lowest BCUT2D eigenvalue weighted by Crippen LogP contribution is -2.19. The van der Waals surface area contributed by atoms with Crippen molar-refractivity contribution in [2.45, 2.75) is 19.4 Å². The Hall–Kier alpha value is -3.13. The first-order chi connectivity index (χ1) is 13.9. The number of ether oxygens (including phenoxy) is 1. The summed E-state index contributed by atoms with van der Waals surface area (Å²) in [5.41, 5.74) is 2.65. The van der Waals surface area contributed by atoms with Gasteiger partial charge in [-0.25, -0.2) is 0 Å². The second-order valence-corrected chi connectivity index (χ2v) is 7.28. The van der Waals surface area contributed by atoms with Gasteiger partial charge >= 0.3 is 0 Å². The highest BCUT2D eigenvalue weighted by Gasteiger charge is 2.18. The third kappa shape index (κ3) is 5.03.